The molecule has 3 heterocycles. The Morgan fingerprint density at radius 3 is 2.51 bits per heavy atom. The summed E-state index contributed by atoms with van der Waals surface area (Å²) in [7, 11) is 2.15. The van der Waals surface area contributed by atoms with Crippen molar-refractivity contribution >= 4 is 28.1 Å². The molecule has 5 rings (SSSR count). The van der Waals surface area contributed by atoms with Crippen molar-refractivity contribution in [1.29, 1.82) is 0 Å². The van der Waals surface area contributed by atoms with Crippen molar-refractivity contribution in [3.05, 3.63) is 93.8 Å². The molecule has 0 bridgehead atoms. The van der Waals surface area contributed by atoms with Gasteiger partial charge in [-0.15, -0.1) is 11.3 Å². The number of aromatic nitrogens is 1. The Morgan fingerprint density at radius 2 is 1.76 bits per heavy atom. The van der Waals surface area contributed by atoms with Gasteiger partial charge in [0.25, 0.3) is 5.91 Å². The number of nitrogens with zero attached hydrogens (tertiary/aromatic N) is 4. The van der Waals surface area contributed by atoms with E-state index in [0.29, 0.717) is 6.61 Å². The van der Waals surface area contributed by atoms with E-state index in [9.17, 15) is 4.79 Å². The molecule has 192 valence electrons. The number of ether oxygens (including phenoxy) is 1. The Kier molecular flexibility index (Phi) is 8.14. The molecule has 1 aliphatic rings. The quantitative estimate of drug-likeness (QED) is 0.312. The first-order chi connectivity index (χ1) is 18.0. The topological polar surface area (TPSA) is 48.9 Å². The van der Waals surface area contributed by atoms with Crippen LogP contribution in [0.2, 0.25) is 0 Å². The van der Waals surface area contributed by atoms with Crippen LogP contribution in [0, 0.1) is 6.92 Å². The number of hydrogen-bond acceptors (Lipinski definition) is 6. The zero-order valence-corrected chi connectivity index (χ0v) is 22.4. The third-order valence-electron chi connectivity index (χ3n) is 6.89. The zero-order chi connectivity index (χ0) is 25.6. The molecule has 0 atom stereocenters. The fourth-order valence-electron chi connectivity index (χ4n) is 4.80. The summed E-state index contributed by atoms with van der Waals surface area (Å²) in [6.07, 6.45) is 1.83. The SMILES string of the molecule is Cc1ccsc1C(=O)N1CCN(CCOc2ccc(CN(C)Cc3ccc4ncccc4c3)cc2)CC1. The number of hydrogen-bond donors (Lipinski definition) is 0. The molecule has 0 aliphatic carbocycles. The molecule has 4 aromatic rings. The highest BCUT2D eigenvalue weighted by atomic mass is 32.1. The van der Waals surface area contributed by atoms with Crippen molar-refractivity contribution in [2.75, 3.05) is 46.4 Å². The molecule has 37 heavy (non-hydrogen) atoms. The van der Waals surface area contributed by atoms with Gasteiger partial charge in [-0.2, -0.15) is 0 Å². The van der Waals surface area contributed by atoms with Crippen LogP contribution in [-0.4, -0.2) is 72.0 Å². The van der Waals surface area contributed by atoms with Crippen molar-refractivity contribution in [2.24, 2.45) is 0 Å². The fraction of sp³-hybridized carbons (Fsp3) is 0.333. The Bertz CT molecular complexity index is 1330. The highest BCUT2D eigenvalue weighted by Gasteiger charge is 2.23. The van der Waals surface area contributed by atoms with Gasteiger partial charge >= 0.3 is 0 Å². The van der Waals surface area contributed by atoms with Gasteiger partial charge in [-0.25, -0.2) is 0 Å². The molecular formula is C30H34N4O2S. The van der Waals surface area contributed by atoms with E-state index in [4.69, 9.17) is 4.74 Å². The minimum Gasteiger partial charge on any atom is -0.492 e. The van der Waals surface area contributed by atoms with Crippen LogP contribution in [0.4, 0.5) is 0 Å². The first-order valence-electron chi connectivity index (χ1n) is 12.8. The molecule has 0 radical (unpaired) electrons. The number of thiophene rings is 1. The smallest absolute Gasteiger partial charge is 0.264 e. The van der Waals surface area contributed by atoms with Crippen LogP contribution in [0.1, 0.15) is 26.4 Å². The third kappa shape index (κ3) is 6.55. The van der Waals surface area contributed by atoms with Gasteiger partial charge < -0.3 is 9.64 Å². The second-order valence-corrected chi connectivity index (χ2v) is 10.7. The molecule has 0 unspecified atom stereocenters. The summed E-state index contributed by atoms with van der Waals surface area (Å²) >= 11 is 1.54. The molecule has 7 heteroatoms. The minimum atomic E-state index is 0.170. The van der Waals surface area contributed by atoms with E-state index in [0.717, 1.165) is 67.5 Å². The summed E-state index contributed by atoms with van der Waals surface area (Å²) in [5.41, 5.74) is 4.66. The van der Waals surface area contributed by atoms with Crippen molar-refractivity contribution in [3.8, 4) is 5.75 Å². The lowest BCUT2D eigenvalue weighted by atomic mass is 10.1. The summed E-state index contributed by atoms with van der Waals surface area (Å²) in [6, 6.07) is 21.0. The lowest BCUT2D eigenvalue weighted by molar-refractivity contribution is 0.0624. The number of carbonyl (C=O) groups is 1. The highest BCUT2D eigenvalue weighted by molar-refractivity contribution is 7.12. The summed E-state index contributed by atoms with van der Waals surface area (Å²) in [5.74, 6) is 1.07. The van der Waals surface area contributed by atoms with Crippen LogP contribution in [0.5, 0.6) is 5.75 Å². The average Bonchev–Trinajstić information content (AvgIpc) is 3.35. The lowest BCUT2D eigenvalue weighted by Crippen LogP contribution is -2.49. The summed E-state index contributed by atoms with van der Waals surface area (Å²) < 4.78 is 6.01. The maximum atomic E-state index is 12.7. The van der Waals surface area contributed by atoms with Gasteiger partial charge in [0.1, 0.15) is 12.4 Å². The van der Waals surface area contributed by atoms with Crippen molar-refractivity contribution < 1.29 is 9.53 Å². The second-order valence-electron chi connectivity index (χ2n) is 9.76. The third-order valence-corrected chi connectivity index (χ3v) is 7.89. The van der Waals surface area contributed by atoms with E-state index in [-0.39, 0.29) is 5.91 Å². The number of carbonyl (C=O) groups excluding carboxylic acids is 1. The Labute approximate surface area is 223 Å². The largest absolute Gasteiger partial charge is 0.492 e. The summed E-state index contributed by atoms with van der Waals surface area (Å²) in [6.45, 7) is 8.60. The molecule has 1 fully saturated rings. The maximum absolute atomic E-state index is 12.7. The standard InChI is InChI=1S/C30H34N4O2S/c1-23-11-19-37-29(23)30(35)34-15-13-33(14-16-34)17-18-36-27-8-5-24(6-9-27)21-32(2)22-25-7-10-28-26(20-25)4-3-12-31-28/h3-12,19-20H,13-18,21-22H2,1-2H3. The van der Waals surface area contributed by atoms with Crippen LogP contribution >= 0.6 is 11.3 Å². The Morgan fingerprint density at radius 1 is 1.00 bits per heavy atom. The number of rotatable bonds is 9. The van der Waals surface area contributed by atoms with Gasteiger partial charge in [0.15, 0.2) is 0 Å². The molecule has 2 aromatic heterocycles. The fourth-order valence-corrected chi connectivity index (χ4v) is 5.69. The van der Waals surface area contributed by atoms with Gasteiger partial charge in [0, 0.05) is 57.4 Å². The average molecular weight is 515 g/mol. The minimum absolute atomic E-state index is 0.170. The van der Waals surface area contributed by atoms with Gasteiger partial charge in [0.2, 0.25) is 0 Å². The predicted molar refractivity (Wildman–Crippen MR) is 150 cm³/mol. The van der Waals surface area contributed by atoms with Crippen LogP contribution < -0.4 is 4.74 Å². The zero-order valence-electron chi connectivity index (χ0n) is 21.6. The molecule has 1 saturated heterocycles. The van der Waals surface area contributed by atoms with Crippen molar-refractivity contribution in [3.63, 3.8) is 0 Å². The number of benzene rings is 2. The Balaban J connectivity index is 1.03. The van der Waals surface area contributed by atoms with Crippen LogP contribution in [0.3, 0.4) is 0 Å². The molecule has 0 spiro atoms. The molecule has 0 N–H and O–H groups in total. The molecule has 1 aliphatic heterocycles. The molecular weight excluding hydrogens is 480 g/mol. The maximum Gasteiger partial charge on any atom is 0.264 e. The molecule has 0 saturated carbocycles. The lowest BCUT2D eigenvalue weighted by Gasteiger charge is -2.34. The van der Waals surface area contributed by atoms with Crippen LogP contribution in [-0.2, 0) is 13.1 Å². The number of piperazine rings is 1. The van der Waals surface area contributed by atoms with E-state index in [2.05, 4.69) is 70.4 Å². The molecule has 6 nitrogen and oxygen atoms in total. The number of pyridine rings is 1. The normalized spacial score (nSPS) is 14.4. The van der Waals surface area contributed by atoms with Gasteiger partial charge in [-0.1, -0.05) is 24.3 Å². The van der Waals surface area contributed by atoms with Gasteiger partial charge in [-0.3, -0.25) is 19.6 Å². The van der Waals surface area contributed by atoms with E-state index in [1.807, 2.05) is 35.5 Å². The monoisotopic (exact) mass is 514 g/mol. The van der Waals surface area contributed by atoms with E-state index in [1.54, 1.807) is 0 Å². The highest BCUT2D eigenvalue weighted by Crippen LogP contribution is 2.20. The second kappa shape index (κ2) is 11.9. The van der Waals surface area contributed by atoms with Crippen LogP contribution in [0.25, 0.3) is 10.9 Å². The number of aryl methyl sites for hydroxylation is 1. The van der Waals surface area contributed by atoms with E-state index in [1.165, 1.54) is 27.8 Å². The van der Waals surface area contributed by atoms with Gasteiger partial charge in [-0.05, 0) is 72.4 Å². The van der Waals surface area contributed by atoms with Crippen LogP contribution in [0.15, 0.2) is 72.2 Å². The summed E-state index contributed by atoms with van der Waals surface area (Å²) in [4.78, 5) is 24.6. The Hall–Kier alpha value is -3.26. The first-order valence-corrected chi connectivity index (χ1v) is 13.7. The van der Waals surface area contributed by atoms with E-state index < -0.39 is 0 Å². The van der Waals surface area contributed by atoms with Gasteiger partial charge in [0.05, 0.1) is 10.4 Å². The number of fused-ring (bicyclic) bond motifs is 1. The first kappa shape index (κ1) is 25.4. The predicted octanol–water partition coefficient (Wildman–Crippen LogP) is 5.07. The van der Waals surface area contributed by atoms with E-state index >= 15 is 0 Å². The molecule has 1 amide bonds. The van der Waals surface area contributed by atoms with Crippen molar-refractivity contribution in [2.45, 2.75) is 20.0 Å². The molecule has 2 aromatic carbocycles. The van der Waals surface area contributed by atoms with Crippen molar-refractivity contribution in [1.82, 2.24) is 19.7 Å². The summed E-state index contributed by atoms with van der Waals surface area (Å²) in [5, 5.41) is 3.17. The number of amides is 1.